The van der Waals surface area contributed by atoms with E-state index in [1.807, 2.05) is 6.07 Å². The lowest BCUT2D eigenvalue weighted by Crippen LogP contribution is -2.30. The lowest BCUT2D eigenvalue weighted by molar-refractivity contribution is -0.123. The fourth-order valence-corrected chi connectivity index (χ4v) is 1.91. The molecule has 2 aromatic rings. The molecular weight excluding hydrogens is 304 g/mol. The third kappa shape index (κ3) is 3.91. The molecule has 120 valence electrons. The summed E-state index contributed by atoms with van der Waals surface area (Å²) in [4.78, 5) is 23.9. The SMILES string of the molecule is Cc1ccccc1NC(=O)[C@H](C)OC(=O)c1c(F)cccc1F. The average Bonchev–Trinajstić information content (AvgIpc) is 2.49. The highest BCUT2D eigenvalue weighted by Gasteiger charge is 2.24. The fourth-order valence-electron chi connectivity index (χ4n) is 1.91. The number of halogens is 2. The van der Waals surface area contributed by atoms with Gasteiger partial charge in [0, 0.05) is 5.69 Å². The molecule has 0 aromatic heterocycles. The van der Waals surface area contributed by atoms with E-state index >= 15 is 0 Å². The molecule has 2 aromatic carbocycles. The van der Waals surface area contributed by atoms with Crippen molar-refractivity contribution in [2.45, 2.75) is 20.0 Å². The Morgan fingerprint density at radius 3 is 2.26 bits per heavy atom. The summed E-state index contributed by atoms with van der Waals surface area (Å²) in [5.74, 6) is -3.90. The Hall–Kier alpha value is -2.76. The highest BCUT2D eigenvalue weighted by molar-refractivity contribution is 5.97. The van der Waals surface area contributed by atoms with Crippen molar-refractivity contribution in [2.24, 2.45) is 0 Å². The molecule has 4 nitrogen and oxygen atoms in total. The van der Waals surface area contributed by atoms with Crippen LogP contribution in [0.1, 0.15) is 22.8 Å². The maximum Gasteiger partial charge on any atom is 0.344 e. The molecule has 1 amide bonds. The number of nitrogens with one attached hydrogen (secondary N) is 1. The number of hydrogen-bond acceptors (Lipinski definition) is 3. The number of carbonyl (C=O) groups is 2. The van der Waals surface area contributed by atoms with Crippen molar-refractivity contribution in [1.29, 1.82) is 0 Å². The lowest BCUT2D eigenvalue weighted by atomic mass is 10.2. The Morgan fingerprint density at radius 1 is 1.04 bits per heavy atom. The van der Waals surface area contributed by atoms with Gasteiger partial charge in [-0.05, 0) is 37.6 Å². The number of benzene rings is 2. The molecule has 0 spiro atoms. The summed E-state index contributed by atoms with van der Waals surface area (Å²) in [5.41, 5.74) is 0.583. The van der Waals surface area contributed by atoms with E-state index in [1.54, 1.807) is 25.1 Å². The van der Waals surface area contributed by atoms with Gasteiger partial charge in [-0.25, -0.2) is 13.6 Å². The molecule has 0 aliphatic heterocycles. The predicted octanol–water partition coefficient (Wildman–Crippen LogP) is 3.46. The van der Waals surface area contributed by atoms with Gasteiger partial charge < -0.3 is 10.1 Å². The number of esters is 1. The molecule has 0 aliphatic rings. The Balaban J connectivity index is 2.06. The van der Waals surface area contributed by atoms with Crippen LogP contribution in [0.3, 0.4) is 0 Å². The van der Waals surface area contributed by atoms with Crippen LogP contribution in [0.15, 0.2) is 42.5 Å². The first-order chi connectivity index (χ1) is 10.9. The van der Waals surface area contributed by atoms with Gasteiger partial charge in [-0.1, -0.05) is 24.3 Å². The molecular formula is C17H15F2NO3. The van der Waals surface area contributed by atoms with Crippen LogP contribution < -0.4 is 5.32 Å². The van der Waals surface area contributed by atoms with Crippen LogP contribution in [0.25, 0.3) is 0 Å². The summed E-state index contributed by atoms with van der Waals surface area (Å²) in [7, 11) is 0. The third-order valence-corrected chi connectivity index (χ3v) is 3.22. The molecule has 23 heavy (non-hydrogen) atoms. The predicted molar refractivity (Wildman–Crippen MR) is 81.0 cm³/mol. The average molecular weight is 319 g/mol. The normalized spacial score (nSPS) is 11.7. The van der Waals surface area contributed by atoms with E-state index in [-0.39, 0.29) is 0 Å². The van der Waals surface area contributed by atoms with Crippen molar-refractivity contribution in [3.8, 4) is 0 Å². The van der Waals surface area contributed by atoms with Gasteiger partial charge in [-0.15, -0.1) is 0 Å². The number of carbonyl (C=O) groups excluding carboxylic acids is 2. The lowest BCUT2D eigenvalue weighted by Gasteiger charge is -2.15. The molecule has 0 saturated carbocycles. The minimum absolute atomic E-state index is 0.567. The van der Waals surface area contributed by atoms with Gasteiger partial charge in [-0.3, -0.25) is 4.79 Å². The van der Waals surface area contributed by atoms with Crippen molar-refractivity contribution in [3.05, 3.63) is 65.2 Å². The van der Waals surface area contributed by atoms with Crippen molar-refractivity contribution in [2.75, 3.05) is 5.32 Å². The van der Waals surface area contributed by atoms with Crippen LogP contribution in [0.2, 0.25) is 0 Å². The van der Waals surface area contributed by atoms with Gasteiger partial charge in [0.15, 0.2) is 6.10 Å². The molecule has 0 heterocycles. The molecule has 0 aliphatic carbocycles. The first kappa shape index (κ1) is 16.6. The number of ether oxygens (including phenoxy) is 1. The summed E-state index contributed by atoms with van der Waals surface area (Å²) in [6.45, 7) is 3.13. The Bertz CT molecular complexity index is 726. The summed E-state index contributed by atoms with van der Waals surface area (Å²) in [6, 6.07) is 10.1. The van der Waals surface area contributed by atoms with Gasteiger partial charge in [-0.2, -0.15) is 0 Å². The topological polar surface area (TPSA) is 55.4 Å². The van der Waals surface area contributed by atoms with E-state index in [9.17, 15) is 18.4 Å². The molecule has 0 unspecified atom stereocenters. The summed E-state index contributed by atoms with van der Waals surface area (Å²) >= 11 is 0. The number of hydrogen-bond donors (Lipinski definition) is 1. The minimum Gasteiger partial charge on any atom is -0.449 e. The first-order valence-corrected chi connectivity index (χ1v) is 6.91. The molecule has 6 heteroatoms. The van der Waals surface area contributed by atoms with Crippen LogP contribution in [-0.2, 0) is 9.53 Å². The Kier molecular flexibility index (Phi) is 5.05. The van der Waals surface area contributed by atoms with Crippen LogP contribution in [-0.4, -0.2) is 18.0 Å². The second-order valence-corrected chi connectivity index (χ2v) is 4.95. The Labute approximate surface area is 132 Å². The summed E-state index contributed by atoms with van der Waals surface area (Å²) in [6.07, 6.45) is -1.21. The smallest absolute Gasteiger partial charge is 0.344 e. The van der Waals surface area contributed by atoms with E-state index in [0.717, 1.165) is 23.8 Å². The van der Waals surface area contributed by atoms with Crippen LogP contribution in [0.4, 0.5) is 14.5 Å². The highest BCUT2D eigenvalue weighted by atomic mass is 19.1. The van der Waals surface area contributed by atoms with E-state index < -0.39 is 35.2 Å². The minimum atomic E-state index is -1.23. The second-order valence-electron chi connectivity index (χ2n) is 4.95. The molecule has 0 bridgehead atoms. The number of amides is 1. The van der Waals surface area contributed by atoms with E-state index in [1.165, 1.54) is 6.92 Å². The fraction of sp³-hybridized carbons (Fsp3) is 0.176. The largest absolute Gasteiger partial charge is 0.449 e. The molecule has 0 fully saturated rings. The van der Waals surface area contributed by atoms with Gasteiger partial charge in [0.05, 0.1) is 0 Å². The standard InChI is InChI=1S/C17H15F2NO3/c1-10-6-3-4-9-14(10)20-16(21)11(2)23-17(22)15-12(18)7-5-8-13(15)19/h3-9,11H,1-2H3,(H,20,21)/t11-/m0/s1. The number of anilines is 1. The molecule has 1 atom stereocenters. The van der Waals surface area contributed by atoms with Crippen molar-refractivity contribution >= 4 is 17.6 Å². The van der Waals surface area contributed by atoms with Crippen molar-refractivity contribution in [1.82, 2.24) is 0 Å². The highest BCUT2D eigenvalue weighted by Crippen LogP contribution is 2.16. The van der Waals surface area contributed by atoms with E-state index in [0.29, 0.717) is 5.69 Å². The van der Waals surface area contributed by atoms with Crippen LogP contribution >= 0.6 is 0 Å². The second kappa shape index (κ2) is 7.00. The van der Waals surface area contributed by atoms with Gasteiger partial charge >= 0.3 is 5.97 Å². The van der Waals surface area contributed by atoms with Gasteiger partial charge in [0.25, 0.3) is 5.91 Å². The summed E-state index contributed by atoms with van der Waals surface area (Å²) in [5, 5.41) is 2.59. The van der Waals surface area contributed by atoms with E-state index in [2.05, 4.69) is 5.32 Å². The summed E-state index contributed by atoms with van der Waals surface area (Å²) < 4.78 is 31.9. The first-order valence-electron chi connectivity index (χ1n) is 6.91. The molecule has 0 radical (unpaired) electrons. The van der Waals surface area contributed by atoms with Crippen LogP contribution in [0.5, 0.6) is 0 Å². The zero-order valence-electron chi connectivity index (χ0n) is 12.6. The van der Waals surface area contributed by atoms with Crippen LogP contribution in [0, 0.1) is 18.6 Å². The quantitative estimate of drug-likeness (QED) is 0.878. The van der Waals surface area contributed by atoms with Crippen molar-refractivity contribution < 1.29 is 23.1 Å². The van der Waals surface area contributed by atoms with E-state index in [4.69, 9.17) is 4.74 Å². The molecule has 0 saturated heterocycles. The zero-order chi connectivity index (χ0) is 17.0. The number of para-hydroxylation sites is 1. The van der Waals surface area contributed by atoms with Gasteiger partial charge in [0.1, 0.15) is 17.2 Å². The maximum absolute atomic E-state index is 13.5. The number of aryl methyl sites for hydroxylation is 1. The van der Waals surface area contributed by atoms with Gasteiger partial charge in [0.2, 0.25) is 0 Å². The monoisotopic (exact) mass is 319 g/mol. The van der Waals surface area contributed by atoms with Crippen molar-refractivity contribution in [3.63, 3.8) is 0 Å². The zero-order valence-corrected chi connectivity index (χ0v) is 12.6. The number of rotatable bonds is 4. The molecule has 1 N–H and O–H groups in total. The third-order valence-electron chi connectivity index (χ3n) is 3.22. The Morgan fingerprint density at radius 2 is 1.65 bits per heavy atom. The molecule has 2 rings (SSSR count). The maximum atomic E-state index is 13.5.